The highest BCUT2D eigenvalue weighted by Crippen LogP contribution is 2.22. The number of nitrogens with zero attached hydrogens (tertiary/aromatic N) is 1. The number of amides is 1. The lowest BCUT2D eigenvalue weighted by molar-refractivity contribution is 0.0943. The van der Waals surface area contributed by atoms with Crippen LogP contribution in [0.2, 0.25) is 0 Å². The molecule has 0 aliphatic carbocycles. The van der Waals surface area contributed by atoms with Crippen LogP contribution < -0.4 is 10.1 Å². The second kappa shape index (κ2) is 9.02. The molecule has 0 radical (unpaired) electrons. The predicted molar refractivity (Wildman–Crippen MR) is 114 cm³/mol. The lowest BCUT2D eigenvalue weighted by Crippen LogP contribution is -2.26. The molecule has 1 amide bonds. The Kier molecular flexibility index (Phi) is 6.47. The first-order chi connectivity index (χ1) is 13.5. The number of carbonyl (C=O) groups is 1. The fourth-order valence-electron chi connectivity index (χ4n) is 2.96. The van der Waals surface area contributed by atoms with Gasteiger partial charge in [0.05, 0.1) is 11.7 Å². The van der Waals surface area contributed by atoms with Gasteiger partial charge in [-0.15, -0.1) is 11.3 Å². The number of nitrogens with one attached hydrogen (secondary N) is 1. The standard InChI is InChI=1S/C23H26N2O2S/c1-5-18-9-11-19(12-10-18)16(3)25-23(26)22-17(4)24-21(28-22)14-27-20-8-6-7-15(2)13-20/h6-13,16H,5,14H2,1-4H3,(H,25,26)/t16-/m0/s1. The maximum Gasteiger partial charge on any atom is 0.263 e. The molecule has 1 atom stereocenters. The Morgan fingerprint density at radius 3 is 2.61 bits per heavy atom. The van der Waals surface area contributed by atoms with Gasteiger partial charge in [-0.05, 0) is 56.0 Å². The molecule has 1 N–H and O–H groups in total. The second-order valence-corrected chi connectivity index (χ2v) is 8.00. The summed E-state index contributed by atoms with van der Waals surface area (Å²) in [5, 5.41) is 3.87. The van der Waals surface area contributed by atoms with E-state index in [0.29, 0.717) is 11.5 Å². The number of rotatable bonds is 7. The molecular weight excluding hydrogens is 368 g/mol. The highest BCUT2D eigenvalue weighted by Gasteiger charge is 2.18. The van der Waals surface area contributed by atoms with Crippen molar-refractivity contribution in [1.29, 1.82) is 0 Å². The van der Waals surface area contributed by atoms with E-state index in [1.54, 1.807) is 0 Å². The average Bonchev–Trinajstić information content (AvgIpc) is 3.07. The first-order valence-electron chi connectivity index (χ1n) is 9.51. The molecule has 0 saturated carbocycles. The zero-order chi connectivity index (χ0) is 20.1. The van der Waals surface area contributed by atoms with Crippen molar-refractivity contribution in [3.05, 3.63) is 80.8 Å². The van der Waals surface area contributed by atoms with Gasteiger partial charge in [-0.1, -0.05) is 43.3 Å². The molecule has 28 heavy (non-hydrogen) atoms. The Morgan fingerprint density at radius 1 is 1.18 bits per heavy atom. The van der Waals surface area contributed by atoms with Gasteiger partial charge in [-0.2, -0.15) is 0 Å². The summed E-state index contributed by atoms with van der Waals surface area (Å²) < 4.78 is 5.81. The number of benzene rings is 2. The quantitative estimate of drug-likeness (QED) is 0.584. The third-order valence-corrected chi connectivity index (χ3v) is 5.76. The third-order valence-electron chi connectivity index (χ3n) is 4.63. The maximum atomic E-state index is 12.7. The van der Waals surface area contributed by atoms with Crippen LogP contribution in [0, 0.1) is 13.8 Å². The molecule has 0 aliphatic heterocycles. The molecule has 0 unspecified atom stereocenters. The van der Waals surface area contributed by atoms with Gasteiger partial charge in [0.25, 0.3) is 5.91 Å². The molecule has 1 aromatic heterocycles. The lowest BCUT2D eigenvalue weighted by Gasteiger charge is -2.14. The molecule has 2 aromatic carbocycles. The van der Waals surface area contributed by atoms with Crippen LogP contribution in [0.3, 0.4) is 0 Å². The van der Waals surface area contributed by atoms with Crippen LogP contribution >= 0.6 is 11.3 Å². The first kappa shape index (κ1) is 20.1. The van der Waals surface area contributed by atoms with Crippen molar-refractivity contribution in [3.8, 4) is 5.75 Å². The monoisotopic (exact) mass is 394 g/mol. The topological polar surface area (TPSA) is 51.2 Å². The Labute approximate surface area is 170 Å². The molecule has 0 spiro atoms. The second-order valence-electron chi connectivity index (χ2n) is 6.92. The lowest BCUT2D eigenvalue weighted by atomic mass is 10.0. The number of aromatic nitrogens is 1. The highest BCUT2D eigenvalue weighted by molar-refractivity contribution is 7.13. The number of hydrogen-bond acceptors (Lipinski definition) is 4. The zero-order valence-corrected chi connectivity index (χ0v) is 17.6. The number of thiazole rings is 1. The predicted octanol–water partition coefficient (Wildman–Crippen LogP) is 5.39. The summed E-state index contributed by atoms with van der Waals surface area (Å²) in [5.41, 5.74) is 4.27. The SMILES string of the molecule is CCc1ccc([C@H](C)NC(=O)c2sc(COc3cccc(C)c3)nc2C)cc1. The molecule has 1 heterocycles. The summed E-state index contributed by atoms with van der Waals surface area (Å²) in [4.78, 5) is 17.9. The molecule has 3 rings (SSSR count). The van der Waals surface area contributed by atoms with Gasteiger partial charge in [0.1, 0.15) is 22.2 Å². The van der Waals surface area contributed by atoms with Gasteiger partial charge in [0.2, 0.25) is 0 Å². The van der Waals surface area contributed by atoms with Crippen LogP contribution in [0.4, 0.5) is 0 Å². The van der Waals surface area contributed by atoms with Crippen LogP contribution in [-0.2, 0) is 13.0 Å². The van der Waals surface area contributed by atoms with Crippen LogP contribution in [0.25, 0.3) is 0 Å². The number of hydrogen-bond donors (Lipinski definition) is 1. The minimum atomic E-state index is -0.0936. The van der Waals surface area contributed by atoms with Crippen molar-refractivity contribution in [1.82, 2.24) is 10.3 Å². The van der Waals surface area contributed by atoms with Crippen molar-refractivity contribution in [2.24, 2.45) is 0 Å². The minimum Gasteiger partial charge on any atom is -0.486 e. The van der Waals surface area contributed by atoms with Gasteiger partial charge in [-0.25, -0.2) is 4.98 Å². The molecule has 0 bridgehead atoms. The van der Waals surface area contributed by atoms with E-state index in [4.69, 9.17) is 4.74 Å². The Hall–Kier alpha value is -2.66. The molecule has 0 saturated heterocycles. The van der Waals surface area contributed by atoms with E-state index in [1.807, 2.05) is 45.0 Å². The molecule has 4 nitrogen and oxygen atoms in total. The molecule has 0 aliphatic rings. The Balaban J connectivity index is 1.63. The molecule has 5 heteroatoms. The fourth-order valence-corrected chi connectivity index (χ4v) is 3.84. The van der Waals surface area contributed by atoms with E-state index in [9.17, 15) is 4.79 Å². The number of ether oxygens (including phenoxy) is 1. The Bertz CT molecular complexity index is 947. The summed E-state index contributed by atoms with van der Waals surface area (Å²) in [6.07, 6.45) is 1.01. The molecule has 3 aromatic rings. The minimum absolute atomic E-state index is 0.0631. The molecule has 146 valence electrons. The van der Waals surface area contributed by atoms with Crippen LogP contribution in [0.15, 0.2) is 48.5 Å². The van der Waals surface area contributed by atoms with Crippen molar-refractivity contribution >= 4 is 17.2 Å². The van der Waals surface area contributed by atoms with Gasteiger partial charge in [0, 0.05) is 0 Å². The van der Waals surface area contributed by atoms with E-state index in [1.165, 1.54) is 16.9 Å². The average molecular weight is 395 g/mol. The fraction of sp³-hybridized carbons (Fsp3) is 0.304. The Morgan fingerprint density at radius 2 is 1.93 bits per heavy atom. The maximum absolute atomic E-state index is 12.7. The largest absolute Gasteiger partial charge is 0.486 e. The summed E-state index contributed by atoms with van der Waals surface area (Å²) >= 11 is 1.39. The van der Waals surface area contributed by atoms with E-state index < -0.39 is 0 Å². The molecule has 0 fully saturated rings. The van der Waals surface area contributed by atoms with Crippen molar-refractivity contribution in [2.45, 2.75) is 46.8 Å². The van der Waals surface area contributed by atoms with Crippen LogP contribution in [-0.4, -0.2) is 10.9 Å². The van der Waals surface area contributed by atoms with E-state index in [0.717, 1.165) is 34.0 Å². The van der Waals surface area contributed by atoms with Crippen LogP contribution in [0.1, 0.15) is 57.0 Å². The van der Waals surface area contributed by atoms with Crippen molar-refractivity contribution < 1.29 is 9.53 Å². The van der Waals surface area contributed by atoms with E-state index in [2.05, 4.69) is 41.5 Å². The number of aryl methyl sites for hydroxylation is 3. The van der Waals surface area contributed by atoms with Crippen LogP contribution in [0.5, 0.6) is 5.75 Å². The summed E-state index contributed by atoms with van der Waals surface area (Å²) in [5.74, 6) is 0.715. The van der Waals surface area contributed by atoms with E-state index >= 15 is 0 Å². The third kappa shape index (κ3) is 4.98. The zero-order valence-electron chi connectivity index (χ0n) is 16.8. The molecular formula is C23H26N2O2S. The van der Waals surface area contributed by atoms with E-state index in [-0.39, 0.29) is 11.9 Å². The highest BCUT2D eigenvalue weighted by atomic mass is 32.1. The first-order valence-corrected chi connectivity index (χ1v) is 10.3. The van der Waals surface area contributed by atoms with Crippen molar-refractivity contribution in [3.63, 3.8) is 0 Å². The summed E-state index contributed by atoms with van der Waals surface area (Å²) in [7, 11) is 0. The van der Waals surface area contributed by atoms with Gasteiger partial charge >= 0.3 is 0 Å². The smallest absolute Gasteiger partial charge is 0.263 e. The summed E-state index contributed by atoms with van der Waals surface area (Å²) in [6.45, 7) is 8.38. The van der Waals surface area contributed by atoms with Gasteiger partial charge < -0.3 is 10.1 Å². The van der Waals surface area contributed by atoms with Crippen molar-refractivity contribution in [2.75, 3.05) is 0 Å². The normalized spacial score (nSPS) is 11.9. The summed E-state index contributed by atoms with van der Waals surface area (Å²) in [6, 6.07) is 16.2. The number of carbonyl (C=O) groups excluding carboxylic acids is 1. The van der Waals surface area contributed by atoms with Gasteiger partial charge in [0.15, 0.2) is 0 Å². The van der Waals surface area contributed by atoms with Gasteiger partial charge in [-0.3, -0.25) is 4.79 Å².